The van der Waals surface area contributed by atoms with E-state index in [1.807, 2.05) is 36.4 Å². The van der Waals surface area contributed by atoms with E-state index in [1.54, 1.807) is 0 Å². The highest BCUT2D eigenvalue weighted by atomic mass is 19.1. The third kappa shape index (κ3) is 4.55. The van der Waals surface area contributed by atoms with Gasteiger partial charge in [0, 0.05) is 31.3 Å². The smallest absolute Gasteiger partial charge is 0.254 e. The third-order valence-corrected chi connectivity index (χ3v) is 5.17. The Hall–Kier alpha value is -3.74. The fraction of sp³-hybridized carbons (Fsp3) is 0.167. The van der Waals surface area contributed by atoms with E-state index in [1.165, 1.54) is 5.56 Å². The molecule has 1 aliphatic rings. The number of hydrogen-bond donors (Lipinski definition) is 2. The Morgan fingerprint density at radius 3 is 2.48 bits per heavy atom. The summed E-state index contributed by atoms with van der Waals surface area (Å²) in [6, 6.07) is 18.5. The van der Waals surface area contributed by atoms with Crippen LogP contribution in [0.2, 0.25) is 0 Å². The molecule has 3 aromatic carbocycles. The van der Waals surface area contributed by atoms with Gasteiger partial charge in [-0.25, -0.2) is 8.78 Å². The molecule has 0 radical (unpaired) electrons. The van der Waals surface area contributed by atoms with Crippen molar-refractivity contribution in [2.75, 3.05) is 23.3 Å². The average molecular weight is 421 g/mol. The Labute approximate surface area is 178 Å². The maximum atomic E-state index is 13.7. The minimum absolute atomic E-state index is 0.0134. The number of carbonyl (C=O) groups excluding carboxylic acids is 2. The zero-order valence-corrected chi connectivity index (χ0v) is 16.7. The summed E-state index contributed by atoms with van der Waals surface area (Å²) in [4.78, 5) is 26.7. The molecular weight excluding hydrogens is 400 g/mol. The molecule has 0 unspecified atom stereocenters. The minimum atomic E-state index is -0.943. The monoisotopic (exact) mass is 421 g/mol. The van der Waals surface area contributed by atoms with Crippen LogP contribution < -0.4 is 15.5 Å². The van der Waals surface area contributed by atoms with Crippen LogP contribution in [0.25, 0.3) is 0 Å². The summed E-state index contributed by atoms with van der Waals surface area (Å²) in [6.45, 7) is 0.849. The lowest BCUT2D eigenvalue weighted by molar-refractivity contribution is -0.116. The van der Waals surface area contributed by atoms with E-state index < -0.39 is 17.5 Å². The van der Waals surface area contributed by atoms with Gasteiger partial charge in [-0.1, -0.05) is 30.3 Å². The van der Waals surface area contributed by atoms with Crippen molar-refractivity contribution in [3.63, 3.8) is 0 Å². The first-order valence-electron chi connectivity index (χ1n) is 10.0. The van der Waals surface area contributed by atoms with E-state index >= 15 is 0 Å². The van der Waals surface area contributed by atoms with Crippen molar-refractivity contribution in [2.24, 2.45) is 0 Å². The Morgan fingerprint density at radius 1 is 0.935 bits per heavy atom. The summed E-state index contributed by atoms with van der Waals surface area (Å²) in [5.74, 6) is -2.67. The number of carbonyl (C=O) groups is 2. The molecule has 31 heavy (non-hydrogen) atoms. The summed E-state index contributed by atoms with van der Waals surface area (Å²) < 4.78 is 26.7. The highest BCUT2D eigenvalue weighted by Gasteiger charge is 2.22. The normalized spacial score (nSPS) is 12.4. The zero-order chi connectivity index (χ0) is 21.8. The molecule has 0 spiro atoms. The molecule has 5 nitrogen and oxygen atoms in total. The van der Waals surface area contributed by atoms with E-state index in [4.69, 9.17) is 0 Å². The molecule has 0 bridgehead atoms. The van der Waals surface area contributed by atoms with Crippen LogP contribution in [-0.2, 0) is 11.2 Å². The Kier molecular flexibility index (Phi) is 5.93. The zero-order valence-electron chi connectivity index (χ0n) is 16.7. The van der Waals surface area contributed by atoms with Crippen molar-refractivity contribution in [1.29, 1.82) is 0 Å². The summed E-state index contributed by atoms with van der Waals surface area (Å²) in [7, 11) is 0. The number of hydrogen-bond acceptors (Lipinski definition) is 3. The molecule has 1 heterocycles. The molecule has 0 atom stereocenters. The number of nitrogens with one attached hydrogen (secondary N) is 2. The molecule has 1 aliphatic heterocycles. The van der Waals surface area contributed by atoms with Crippen molar-refractivity contribution in [1.82, 2.24) is 5.32 Å². The van der Waals surface area contributed by atoms with Crippen molar-refractivity contribution in [3.8, 4) is 0 Å². The fourth-order valence-corrected chi connectivity index (χ4v) is 3.67. The Morgan fingerprint density at radius 2 is 1.68 bits per heavy atom. The molecule has 2 amide bonds. The highest BCUT2D eigenvalue weighted by molar-refractivity contribution is 5.97. The van der Waals surface area contributed by atoms with Crippen molar-refractivity contribution in [2.45, 2.75) is 12.8 Å². The van der Waals surface area contributed by atoms with Gasteiger partial charge in [0.05, 0.1) is 16.9 Å². The fourth-order valence-electron chi connectivity index (χ4n) is 3.67. The molecule has 158 valence electrons. The summed E-state index contributed by atoms with van der Waals surface area (Å²) in [5.41, 5.74) is 3.70. The second kappa shape index (κ2) is 8.95. The molecule has 0 saturated heterocycles. The summed E-state index contributed by atoms with van der Waals surface area (Å²) >= 11 is 0. The van der Waals surface area contributed by atoms with Crippen LogP contribution in [0.1, 0.15) is 22.3 Å². The van der Waals surface area contributed by atoms with Gasteiger partial charge in [0.1, 0.15) is 11.6 Å². The number of halogens is 2. The van der Waals surface area contributed by atoms with E-state index in [0.717, 1.165) is 36.5 Å². The molecule has 7 heteroatoms. The van der Waals surface area contributed by atoms with Crippen LogP contribution in [0.4, 0.5) is 25.8 Å². The van der Waals surface area contributed by atoms with Crippen LogP contribution in [0.5, 0.6) is 0 Å². The molecular formula is C24H21F2N3O2. The van der Waals surface area contributed by atoms with Crippen LogP contribution in [0, 0.1) is 11.6 Å². The Bertz CT molecular complexity index is 1130. The first-order valence-corrected chi connectivity index (χ1v) is 10.0. The Balaban J connectivity index is 1.37. The predicted molar refractivity (Wildman–Crippen MR) is 116 cm³/mol. The third-order valence-electron chi connectivity index (χ3n) is 5.17. The molecule has 4 rings (SSSR count). The van der Waals surface area contributed by atoms with Crippen molar-refractivity contribution >= 4 is 28.9 Å². The lowest BCUT2D eigenvalue weighted by Crippen LogP contribution is -2.28. The number of fused-ring (bicyclic) bond motifs is 1. The molecule has 0 aromatic heterocycles. The van der Waals surface area contributed by atoms with Gasteiger partial charge in [-0.3, -0.25) is 9.59 Å². The van der Waals surface area contributed by atoms with Crippen molar-refractivity contribution in [3.05, 3.63) is 89.5 Å². The van der Waals surface area contributed by atoms with Gasteiger partial charge in [0.25, 0.3) is 5.91 Å². The average Bonchev–Trinajstić information content (AvgIpc) is 3.18. The highest BCUT2D eigenvalue weighted by Crippen LogP contribution is 2.38. The number of amides is 2. The SMILES string of the molecule is O=C(CCNC(=O)c1ccc(F)cc1F)Nc1ccccc1N1CCc2ccccc21. The van der Waals surface area contributed by atoms with Crippen LogP contribution in [-0.4, -0.2) is 24.9 Å². The number of nitrogens with zero attached hydrogens (tertiary/aromatic N) is 1. The standard InChI is InChI=1S/C24H21F2N3O2/c25-17-9-10-18(19(26)15-17)24(31)27-13-11-23(30)28-20-6-2-4-8-22(20)29-14-12-16-5-1-3-7-21(16)29/h1-10,15H,11-14H2,(H,27,31)(H,28,30). The first-order chi connectivity index (χ1) is 15.0. The number of benzene rings is 3. The van der Waals surface area contributed by atoms with Crippen LogP contribution >= 0.6 is 0 Å². The number of anilines is 3. The van der Waals surface area contributed by atoms with Gasteiger partial charge in [-0.2, -0.15) is 0 Å². The molecule has 2 N–H and O–H groups in total. The maximum absolute atomic E-state index is 13.7. The van der Waals surface area contributed by atoms with Crippen LogP contribution in [0.15, 0.2) is 66.7 Å². The van der Waals surface area contributed by atoms with E-state index in [-0.39, 0.29) is 24.4 Å². The van der Waals surface area contributed by atoms with Gasteiger partial charge in [-0.15, -0.1) is 0 Å². The van der Waals surface area contributed by atoms with Gasteiger partial charge in [-0.05, 0) is 42.3 Å². The minimum Gasteiger partial charge on any atom is -0.351 e. The van der Waals surface area contributed by atoms with E-state index in [9.17, 15) is 18.4 Å². The van der Waals surface area contributed by atoms with Gasteiger partial charge >= 0.3 is 0 Å². The summed E-state index contributed by atoms with van der Waals surface area (Å²) in [6.07, 6.45) is 0.948. The van der Waals surface area contributed by atoms with E-state index in [0.29, 0.717) is 11.8 Å². The summed E-state index contributed by atoms with van der Waals surface area (Å²) in [5, 5.41) is 5.38. The van der Waals surface area contributed by atoms with Crippen molar-refractivity contribution < 1.29 is 18.4 Å². The van der Waals surface area contributed by atoms with Gasteiger partial charge in [0.15, 0.2) is 0 Å². The molecule has 0 fully saturated rings. The first kappa shape index (κ1) is 20.5. The predicted octanol–water partition coefficient (Wildman–Crippen LogP) is 4.42. The number of para-hydroxylation sites is 3. The second-order valence-electron chi connectivity index (χ2n) is 7.23. The molecule has 0 aliphatic carbocycles. The maximum Gasteiger partial charge on any atom is 0.254 e. The quantitative estimate of drug-likeness (QED) is 0.620. The lowest BCUT2D eigenvalue weighted by atomic mass is 10.1. The van der Waals surface area contributed by atoms with E-state index in [2.05, 4.69) is 27.7 Å². The number of rotatable bonds is 6. The van der Waals surface area contributed by atoms with Crippen LogP contribution in [0.3, 0.4) is 0 Å². The molecule has 0 saturated carbocycles. The largest absolute Gasteiger partial charge is 0.351 e. The van der Waals surface area contributed by atoms with Gasteiger partial charge < -0.3 is 15.5 Å². The van der Waals surface area contributed by atoms with Gasteiger partial charge in [0.2, 0.25) is 5.91 Å². The molecule has 3 aromatic rings. The second-order valence-corrected chi connectivity index (χ2v) is 7.23. The lowest BCUT2D eigenvalue weighted by Gasteiger charge is -2.23. The topological polar surface area (TPSA) is 61.4 Å².